The van der Waals surface area contributed by atoms with Gasteiger partial charge in [-0.2, -0.15) is 0 Å². The molecular weight excluding hydrogens is 264 g/mol. The zero-order valence-electron chi connectivity index (χ0n) is 10.3. The third-order valence-corrected chi connectivity index (χ3v) is 3.82. The Kier molecular flexibility index (Phi) is 4.20. The lowest BCUT2D eigenvalue weighted by molar-refractivity contribution is -0.121. The highest BCUT2D eigenvalue weighted by Crippen LogP contribution is 2.22. The van der Waals surface area contributed by atoms with Gasteiger partial charge in [-0.15, -0.1) is 11.3 Å². The van der Waals surface area contributed by atoms with Gasteiger partial charge in [0.2, 0.25) is 5.91 Å². The third kappa shape index (κ3) is 2.95. The smallest absolute Gasteiger partial charge is 0.255 e. The van der Waals surface area contributed by atoms with Gasteiger partial charge in [-0.25, -0.2) is 0 Å². The van der Waals surface area contributed by atoms with Crippen LogP contribution in [0.25, 0.3) is 0 Å². The molecule has 3 N–H and O–H groups in total. The molecule has 0 aliphatic carbocycles. The number of aliphatic hydroxyl groups excluding tert-OH is 1. The van der Waals surface area contributed by atoms with Gasteiger partial charge in [0.25, 0.3) is 5.91 Å². The summed E-state index contributed by atoms with van der Waals surface area (Å²) in [4.78, 5) is 25.8. The van der Waals surface area contributed by atoms with E-state index in [1.54, 1.807) is 11.4 Å². The Morgan fingerprint density at radius 1 is 1.58 bits per heavy atom. The van der Waals surface area contributed by atoms with Crippen LogP contribution < -0.4 is 5.73 Å². The number of nitrogens with zero attached hydrogens (tertiary/aromatic N) is 1. The minimum atomic E-state index is -0.501. The van der Waals surface area contributed by atoms with Gasteiger partial charge in [-0.05, 0) is 18.9 Å². The van der Waals surface area contributed by atoms with Crippen LogP contribution in [0.4, 0.5) is 0 Å². The van der Waals surface area contributed by atoms with Gasteiger partial charge in [0.1, 0.15) is 12.6 Å². The van der Waals surface area contributed by atoms with Crippen molar-refractivity contribution in [2.45, 2.75) is 18.9 Å². The summed E-state index contributed by atoms with van der Waals surface area (Å²) in [6.07, 6.45) is 1.42. The number of rotatable bonds is 2. The van der Waals surface area contributed by atoms with E-state index in [0.717, 1.165) is 6.42 Å². The van der Waals surface area contributed by atoms with Gasteiger partial charge in [-0.1, -0.05) is 11.8 Å². The molecule has 1 atom stereocenters. The molecule has 2 heterocycles. The summed E-state index contributed by atoms with van der Waals surface area (Å²) in [7, 11) is 0. The topological polar surface area (TPSA) is 83.6 Å². The number of thiophene rings is 1. The van der Waals surface area contributed by atoms with E-state index in [4.69, 9.17) is 10.8 Å². The van der Waals surface area contributed by atoms with E-state index in [0.29, 0.717) is 23.4 Å². The molecule has 1 unspecified atom stereocenters. The molecule has 0 saturated carbocycles. The van der Waals surface area contributed by atoms with Gasteiger partial charge in [0, 0.05) is 11.9 Å². The summed E-state index contributed by atoms with van der Waals surface area (Å²) in [6, 6.07) is 1.17. The molecule has 1 aliphatic heterocycles. The summed E-state index contributed by atoms with van der Waals surface area (Å²) in [5.41, 5.74) is 5.81. The Labute approximate surface area is 115 Å². The van der Waals surface area contributed by atoms with Gasteiger partial charge in [0.15, 0.2) is 0 Å². The molecule has 19 heavy (non-hydrogen) atoms. The summed E-state index contributed by atoms with van der Waals surface area (Å²) >= 11 is 1.34. The molecule has 1 aromatic rings. The molecule has 1 saturated heterocycles. The Morgan fingerprint density at radius 3 is 3.05 bits per heavy atom. The molecule has 6 heteroatoms. The molecule has 1 aromatic heterocycles. The number of hydrogen-bond donors (Lipinski definition) is 2. The number of hydrogen-bond acceptors (Lipinski definition) is 4. The standard InChI is InChI=1S/C13H14N2O3S/c14-12(17)11-4-1-5-15(11)13(18)9-7-10(19-8-9)3-2-6-16/h7-8,11,16H,1,4-6H2,(H2,14,17). The number of amides is 2. The van der Waals surface area contributed by atoms with Gasteiger partial charge in [0.05, 0.1) is 10.4 Å². The van der Waals surface area contributed by atoms with Crippen molar-refractivity contribution in [3.05, 3.63) is 21.9 Å². The normalized spacial score (nSPS) is 17.9. The lowest BCUT2D eigenvalue weighted by Crippen LogP contribution is -2.43. The number of primary amides is 1. The number of carbonyl (C=O) groups is 2. The van der Waals surface area contributed by atoms with Gasteiger partial charge < -0.3 is 15.7 Å². The number of aliphatic hydroxyl groups is 1. The van der Waals surface area contributed by atoms with Crippen LogP contribution in [-0.4, -0.2) is 41.0 Å². The van der Waals surface area contributed by atoms with Crippen molar-refractivity contribution >= 4 is 23.2 Å². The van der Waals surface area contributed by atoms with E-state index in [2.05, 4.69) is 11.8 Å². The maximum atomic E-state index is 12.3. The Balaban J connectivity index is 2.15. The summed E-state index contributed by atoms with van der Waals surface area (Å²) in [5, 5.41) is 10.3. The van der Waals surface area contributed by atoms with E-state index in [1.807, 2.05) is 0 Å². The predicted molar refractivity (Wildman–Crippen MR) is 71.5 cm³/mol. The van der Waals surface area contributed by atoms with Gasteiger partial charge >= 0.3 is 0 Å². The minimum absolute atomic E-state index is 0.186. The molecule has 2 rings (SSSR count). The molecule has 0 aromatic carbocycles. The first kappa shape index (κ1) is 13.6. The minimum Gasteiger partial charge on any atom is -0.384 e. The highest BCUT2D eigenvalue weighted by atomic mass is 32.1. The fourth-order valence-electron chi connectivity index (χ4n) is 2.11. The summed E-state index contributed by atoms with van der Waals surface area (Å²) in [5.74, 6) is 4.64. The van der Waals surface area contributed by atoms with E-state index >= 15 is 0 Å². The SMILES string of the molecule is NC(=O)C1CCCN1C(=O)c1csc(C#CCO)c1. The summed E-state index contributed by atoms with van der Waals surface area (Å²) in [6.45, 7) is 0.344. The van der Waals surface area contributed by atoms with Crippen molar-refractivity contribution < 1.29 is 14.7 Å². The number of likely N-dealkylation sites (tertiary alicyclic amines) is 1. The predicted octanol–water partition coefficient (Wildman–Crippen LogP) is 0.182. The van der Waals surface area contributed by atoms with E-state index in [9.17, 15) is 9.59 Å². The van der Waals surface area contributed by atoms with Crippen LogP contribution >= 0.6 is 11.3 Å². The molecule has 2 amide bonds. The quantitative estimate of drug-likeness (QED) is 0.757. The second-order valence-corrected chi connectivity index (χ2v) is 5.13. The third-order valence-electron chi connectivity index (χ3n) is 2.98. The van der Waals surface area contributed by atoms with Crippen molar-refractivity contribution in [1.82, 2.24) is 4.90 Å². The van der Waals surface area contributed by atoms with Crippen LogP contribution in [0, 0.1) is 11.8 Å². The monoisotopic (exact) mass is 278 g/mol. The molecule has 100 valence electrons. The second kappa shape index (κ2) is 5.87. The van der Waals surface area contributed by atoms with Crippen LogP contribution in [0.5, 0.6) is 0 Å². The van der Waals surface area contributed by atoms with E-state index in [-0.39, 0.29) is 12.5 Å². The number of nitrogens with two attached hydrogens (primary N) is 1. The molecule has 0 radical (unpaired) electrons. The largest absolute Gasteiger partial charge is 0.384 e. The number of carbonyl (C=O) groups excluding carboxylic acids is 2. The van der Waals surface area contributed by atoms with Gasteiger partial charge in [-0.3, -0.25) is 9.59 Å². The van der Waals surface area contributed by atoms with Crippen LogP contribution in [0.1, 0.15) is 28.1 Å². The highest BCUT2D eigenvalue weighted by molar-refractivity contribution is 7.10. The fraction of sp³-hybridized carbons (Fsp3) is 0.385. The first-order valence-corrected chi connectivity index (χ1v) is 6.80. The highest BCUT2D eigenvalue weighted by Gasteiger charge is 2.33. The molecule has 1 fully saturated rings. The van der Waals surface area contributed by atoms with Crippen LogP contribution in [0.15, 0.2) is 11.4 Å². The Morgan fingerprint density at radius 2 is 2.37 bits per heavy atom. The van der Waals surface area contributed by atoms with Crippen molar-refractivity contribution in [2.24, 2.45) is 5.73 Å². The van der Waals surface area contributed by atoms with E-state index in [1.165, 1.54) is 16.2 Å². The first-order chi connectivity index (χ1) is 9.13. The zero-order chi connectivity index (χ0) is 13.8. The van der Waals surface area contributed by atoms with E-state index < -0.39 is 11.9 Å². The summed E-state index contributed by atoms with van der Waals surface area (Å²) < 4.78 is 0. The lowest BCUT2D eigenvalue weighted by atomic mass is 10.2. The lowest BCUT2D eigenvalue weighted by Gasteiger charge is -2.21. The fourth-order valence-corrected chi connectivity index (χ4v) is 2.86. The Bertz CT molecular complexity index is 556. The first-order valence-electron chi connectivity index (χ1n) is 5.92. The Hall–Kier alpha value is -1.84. The van der Waals surface area contributed by atoms with Crippen molar-refractivity contribution in [2.75, 3.05) is 13.2 Å². The van der Waals surface area contributed by atoms with Crippen molar-refractivity contribution in [3.8, 4) is 11.8 Å². The molecule has 5 nitrogen and oxygen atoms in total. The van der Waals surface area contributed by atoms with Crippen LogP contribution in [0.2, 0.25) is 0 Å². The average Bonchev–Trinajstić information content (AvgIpc) is 3.04. The molecule has 1 aliphatic rings. The van der Waals surface area contributed by atoms with Crippen LogP contribution in [-0.2, 0) is 4.79 Å². The van der Waals surface area contributed by atoms with Crippen molar-refractivity contribution in [1.29, 1.82) is 0 Å². The molecular formula is C13H14N2O3S. The van der Waals surface area contributed by atoms with Crippen LogP contribution in [0.3, 0.4) is 0 Å². The zero-order valence-corrected chi connectivity index (χ0v) is 11.1. The maximum Gasteiger partial charge on any atom is 0.255 e. The maximum absolute atomic E-state index is 12.3. The second-order valence-electron chi connectivity index (χ2n) is 4.22. The molecule has 0 bridgehead atoms. The van der Waals surface area contributed by atoms with Crippen molar-refractivity contribution in [3.63, 3.8) is 0 Å². The average molecular weight is 278 g/mol. The molecule has 0 spiro atoms.